The molecular weight excluding hydrogens is 1640 g/mol. The third kappa shape index (κ3) is 22.9. The van der Waals surface area contributed by atoms with Crippen LogP contribution >= 0.6 is 122 Å². The van der Waals surface area contributed by atoms with E-state index in [1.54, 1.807) is 0 Å². The van der Waals surface area contributed by atoms with Gasteiger partial charge < -0.3 is 105 Å². The summed E-state index contributed by atoms with van der Waals surface area (Å²) >= 11 is 0. The zero-order valence-corrected chi connectivity index (χ0v) is 88.0. The first-order valence-corrected chi connectivity index (χ1v) is 83.5. The fraction of sp³-hybridized carbons (Fsp3) is 1.00. The van der Waals surface area contributed by atoms with Crippen LogP contribution in [-0.4, -0.2) is 247 Å². The molecule has 0 radical (unpaired) electrons. The van der Waals surface area contributed by atoms with Gasteiger partial charge in [0.25, 0.3) is 0 Å². The van der Waals surface area contributed by atoms with Gasteiger partial charge >= 0.3 is 210 Å². The van der Waals surface area contributed by atoms with Gasteiger partial charge in [-0.1, -0.05) is 56.9 Å². The second-order valence-electron chi connectivity index (χ2n) is 20.4. The molecule has 81 heavy (non-hydrogen) atoms. The smallest absolute Gasteiger partial charge is 1.00 e. The van der Waals surface area contributed by atoms with Gasteiger partial charge in [0.1, 0.15) is 0 Å². The summed E-state index contributed by atoms with van der Waals surface area (Å²) in [5, 5.41) is 0. The van der Waals surface area contributed by atoms with Gasteiger partial charge in [-0.15, -0.1) is 64.7 Å². The predicted molar refractivity (Wildman–Crippen MR) is 385 cm³/mol. The molecule has 3 N–H and O–H groups in total. The van der Waals surface area contributed by atoms with Crippen LogP contribution in [0.4, 0.5) is 0 Å². The van der Waals surface area contributed by atoms with E-state index in [1.165, 1.54) is 0 Å². The molecule has 6 heterocycles. The molecule has 466 valence electrons. The zero-order valence-electron chi connectivity index (χ0n) is 52.9. The topological polar surface area (TPSA) is 255 Å². The Hall–Kier alpha value is 11.7. The normalized spacial score (nSPS) is 44.8. The molecule has 0 saturated carbocycles. The summed E-state index contributed by atoms with van der Waals surface area (Å²) in [6.07, 6.45) is 0. The van der Waals surface area contributed by atoms with Crippen LogP contribution in [0.25, 0.3) is 0 Å². The molecule has 6 aliphatic rings. The number of fused-ring (bicyclic) bond motifs is 6. The summed E-state index contributed by atoms with van der Waals surface area (Å²) in [5.74, 6) is 1.43. The van der Waals surface area contributed by atoms with Gasteiger partial charge in [-0.2, -0.15) is 0 Å². The second kappa shape index (κ2) is 34.1. The van der Waals surface area contributed by atoms with Crippen molar-refractivity contribution in [1.82, 2.24) is 0 Å². The van der Waals surface area contributed by atoms with E-state index in [2.05, 4.69) is 137 Å². The molecule has 0 aromatic carbocycles. The predicted octanol–water partition coefficient (Wildman–Crippen LogP) is -5.09. The first-order chi connectivity index (χ1) is 35.7. The standard InChI is InChI=1S/C16H55O12P7Si10.C7H31O12P7Si7.3Na.3H/c1-32-42(19-38(11,12)13)24-41(16-31)20-39(14-29,17-36(5,6)7)21-43(33-2)22-40(15-30,18-37(8,9)10)23-44(26-42,34-3)28-45(25-41,27-43)35-4;1-24-31-13-27(8,4-20)11-30(7-23)12-28(9,5-21)14-32(25-2,16-29(10,6-22)15-31)19-33(17-30,18-31)26-3;;;;;;/h32-35H,14-16,29-31H2,1-13H3;8-10,24-26H,4-7,20-23H2,1-3H3;;;;;;/q;;3*+1;3*-1. The van der Waals surface area contributed by atoms with E-state index in [1.807, 2.05) is 33.3 Å². The third-order valence-corrected chi connectivity index (χ3v) is 114. The van der Waals surface area contributed by atoms with Gasteiger partial charge in [0.05, 0.1) is 0 Å². The maximum Gasteiger partial charge on any atom is 1.00 e. The second-order valence-corrected chi connectivity index (χ2v) is 106. The molecule has 6 saturated heterocycles. The number of rotatable bonds is 20. The van der Waals surface area contributed by atoms with Crippen molar-refractivity contribution in [3.05, 3.63) is 0 Å². The van der Waals surface area contributed by atoms with Gasteiger partial charge in [0, 0.05) is 40.5 Å². The van der Waals surface area contributed by atoms with Crippen LogP contribution in [0.2, 0.25) is 58.9 Å². The number of hydrogen-bond acceptors (Lipinski definition) is 24. The molecule has 8 bridgehead atoms. The quantitative estimate of drug-likeness (QED) is 0.0762. The Morgan fingerprint density at radius 2 is 0.568 bits per heavy atom. The minimum Gasteiger partial charge on any atom is -1.00 e. The van der Waals surface area contributed by atoms with Gasteiger partial charge in [-0.3, -0.25) is 0 Å². The number of hydrogen-bond donors (Lipinski definition) is 3. The van der Waals surface area contributed by atoms with E-state index in [-0.39, 0.29) is 173 Å². The zero-order chi connectivity index (χ0) is 59.2. The van der Waals surface area contributed by atoms with E-state index in [0.29, 0.717) is 17.4 Å². The van der Waals surface area contributed by atoms with E-state index in [0.717, 1.165) is 0 Å². The Labute approximate surface area is 599 Å². The van der Waals surface area contributed by atoms with Crippen LogP contribution in [0, 0.1) is 0 Å². The summed E-state index contributed by atoms with van der Waals surface area (Å²) < 4.78 is 144. The molecule has 0 amide bonds. The van der Waals surface area contributed by atoms with Crippen LogP contribution in [0.1, 0.15) is 4.28 Å². The molecule has 6 rings (SSSR count). The maximum absolute atomic E-state index is 11.5. The molecule has 24 nitrogen and oxygen atoms in total. The summed E-state index contributed by atoms with van der Waals surface area (Å²) in [6, 6.07) is 0. The van der Waals surface area contributed by atoms with Crippen molar-refractivity contribution in [2.45, 2.75) is 58.9 Å². The van der Waals surface area contributed by atoms with E-state index in [4.69, 9.17) is 86.4 Å². The van der Waals surface area contributed by atoms with Crippen molar-refractivity contribution in [3.8, 4) is 0 Å². The fourth-order valence-corrected chi connectivity index (χ4v) is 148. The average Bonchev–Trinajstić information content (AvgIpc) is 3.31. The van der Waals surface area contributed by atoms with Gasteiger partial charge in [0.15, 0.2) is 25.0 Å². The van der Waals surface area contributed by atoms with Crippen LogP contribution in [0.15, 0.2) is 0 Å². The minimum atomic E-state index is -4.04. The summed E-state index contributed by atoms with van der Waals surface area (Å²) in [6.45, 7) is 32.9. The Morgan fingerprint density at radius 1 is 0.309 bits per heavy atom. The van der Waals surface area contributed by atoms with Crippen molar-refractivity contribution >= 4 is 267 Å². The first-order valence-electron chi connectivity index (χ1n) is 24.3. The molecule has 0 aromatic rings. The van der Waals surface area contributed by atoms with Crippen LogP contribution in [-0.2, 0) is 86.4 Å². The largest absolute Gasteiger partial charge is 1.00 e. The van der Waals surface area contributed by atoms with Crippen molar-refractivity contribution in [3.63, 3.8) is 0 Å². The van der Waals surface area contributed by atoms with Crippen LogP contribution in [0.5, 0.6) is 0 Å². The van der Waals surface area contributed by atoms with E-state index < -0.39 is 146 Å². The summed E-state index contributed by atoms with van der Waals surface area (Å²) in [5.41, 5.74) is 0. The van der Waals surface area contributed by atoms with Crippen LogP contribution in [0.3, 0.4) is 0 Å². The third-order valence-electron chi connectivity index (χ3n) is 10.5. The summed E-state index contributed by atoms with van der Waals surface area (Å²) in [4.78, 5) is 34.5. The molecule has 0 aromatic heterocycles. The van der Waals surface area contributed by atoms with Crippen molar-refractivity contribution in [1.29, 1.82) is 0 Å². The van der Waals surface area contributed by atoms with Gasteiger partial charge in [-0.05, 0) is 106 Å². The minimum absolute atomic E-state index is 0. The molecule has 58 heteroatoms. The van der Waals surface area contributed by atoms with Gasteiger partial charge in [-0.25, -0.2) is 0 Å². The molecule has 0 spiro atoms. The first kappa shape index (κ1) is 88.8. The SMILES string of the molecule is CP[Si]1(O[Si](C)(C)C)O[Si]2(CP)O[Si](CP)(O[Si](C)(C)C)O[Si]3(PC)O[Si](CP)(O[Si](C)(C)C)O[Si](PC)(O1)O[Si](PC)(O2)O3.CP[Si]12O[Si](O)(CP)O[Si]3(CP)O[Si](O)(CP)O[Si](PC)(O[Si](O)(CP)O1)O[Si](PC)(O3)O2.[H-].[H-].[H-].[Na+].[Na+].[Na+]. The van der Waals surface area contributed by atoms with E-state index in [9.17, 15) is 14.4 Å². The Morgan fingerprint density at radius 3 is 0.827 bits per heavy atom. The Balaban J connectivity index is 0. The van der Waals surface area contributed by atoms with Crippen molar-refractivity contribution < 1.29 is 194 Å². The fourth-order valence-electron chi connectivity index (χ4n) is 7.58. The molecule has 25 atom stereocenters. The monoisotopic (exact) mass is 1730 g/mol. The summed E-state index contributed by atoms with van der Waals surface area (Å²) in [7, 11) is -41.1. The Kier molecular flexibility index (Phi) is 37.4. The Bertz CT molecular complexity index is 1830. The molecular formula is C23H89Na3O24P14Si17. The molecule has 6 aliphatic heterocycles. The van der Waals surface area contributed by atoms with Crippen molar-refractivity contribution in [2.75, 3.05) is 87.2 Å². The van der Waals surface area contributed by atoms with E-state index >= 15 is 0 Å². The molecule has 6 fully saturated rings. The average molecular weight is 1730 g/mol. The molecule has 0 aliphatic carbocycles. The van der Waals surface area contributed by atoms with Crippen molar-refractivity contribution in [2.24, 2.45) is 0 Å². The van der Waals surface area contributed by atoms with Gasteiger partial charge in [0.2, 0.25) is 0 Å². The molecule has 25 unspecified atom stereocenters. The maximum atomic E-state index is 11.5. The van der Waals surface area contributed by atoms with Crippen LogP contribution < -0.4 is 88.7 Å².